The van der Waals surface area contributed by atoms with Gasteiger partial charge in [0.2, 0.25) is 0 Å². The molecule has 0 aromatic rings. The molecule has 3 nitrogen and oxygen atoms in total. The predicted molar refractivity (Wildman–Crippen MR) is 59.0 cm³/mol. The monoisotopic (exact) mass is 200 g/mol. The smallest absolute Gasteiger partial charge is 0.0735 e. The van der Waals surface area contributed by atoms with E-state index in [1.807, 2.05) is 0 Å². The number of nitrogens with one attached hydrogen (secondary N) is 1. The highest BCUT2D eigenvalue weighted by molar-refractivity contribution is 4.85. The van der Waals surface area contributed by atoms with Crippen molar-refractivity contribution in [3.05, 3.63) is 0 Å². The second kappa shape index (κ2) is 5.69. The van der Waals surface area contributed by atoms with Crippen molar-refractivity contribution in [3.8, 4) is 0 Å². The lowest BCUT2D eigenvalue weighted by Crippen LogP contribution is -2.49. The maximum atomic E-state index is 10.2. The molecule has 0 spiro atoms. The van der Waals surface area contributed by atoms with E-state index in [9.17, 15) is 5.11 Å². The van der Waals surface area contributed by atoms with Crippen LogP contribution >= 0.6 is 0 Å². The van der Waals surface area contributed by atoms with Crippen molar-refractivity contribution >= 4 is 0 Å². The Hall–Kier alpha value is -0.120. The van der Waals surface area contributed by atoms with E-state index in [1.54, 1.807) is 0 Å². The van der Waals surface area contributed by atoms with Crippen LogP contribution in [0.25, 0.3) is 0 Å². The van der Waals surface area contributed by atoms with Crippen LogP contribution in [0.5, 0.6) is 0 Å². The summed E-state index contributed by atoms with van der Waals surface area (Å²) in [7, 11) is 0. The second-order valence-electron chi connectivity index (χ2n) is 4.69. The van der Waals surface area contributed by atoms with Crippen LogP contribution in [0.3, 0.4) is 0 Å². The van der Waals surface area contributed by atoms with Gasteiger partial charge in [-0.2, -0.15) is 0 Å². The van der Waals surface area contributed by atoms with Crippen LogP contribution in [0, 0.1) is 11.8 Å². The summed E-state index contributed by atoms with van der Waals surface area (Å²) in [5.74, 6) is 0.685. The summed E-state index contributed by atoms with van der Waals surface area (Å²) in [6.07, 6.45) is 3.27. The Balaban J connectivity index is 2.47. The van der Waals surface area contributed by atoms with Crippen molar-refractivity contribution in [2.24, 2.45) is 17.6 Å². The van der Waals surface area contributed by atoms with E-state index < -0.39 is 0 Å². The molecule has 1 aliphatic heterocycles. The Morgan fingerprint density at radius 2 is 2.14 bits per heavy atom. The molecule has 0 aromatic carbocycles. The first-order chi connectivity index (χ1) is 6.66. The number of hydrogen-bond acceptors (Lipinski definition) is 3. The number of hydrogen-bond donors (Lipinski definition) is 3. The molecule has 3 heteroatoms. The Kier molecular flexibility index (Phi) is 4.85. The van der Waals surface area contributed by atoms with Gasteiger partial charge in [0.25, 0.3) is 0 Å². The highest BCUT2D eigenvalue weighted by atomic mass is 16.3. The van der Waals surface area contributed by atoms with Crippen molar-refractivity contribution in [2.75, 3.05) is 13.1 Å². The summed E-state index contributed by atoms with van der Waals surface area (Å²) < 4.78 is 0. The Labute approximate surface area is 87.1 Å². The third kappa shape index (κ3) is 2.94. The van der Waals surface area contributed by atoms with Gasteiger partial charge in [-0.15, -0.1) is 0 Å². The summed E-state index contributed by atoms with van der Waals surface area (Å²) in [6.45, 7) is 5.88. The average Bonchev–Trinajstić information content (AvgIpc) is 2.19. The van der Waals surface area contributed by atoms with Crippen LogP contribution in [0.4, 0.5) is 0 Å². The first-order valence-electron chi connectivity index (χ1n) is 5.78. The molecule has 3 unspecified atom stereocenters. The van der Waals surface area contributed by atoms with Gasteiger partial charge in [-0.1, -0.05) is 20.3 Å². The van der Waals surface area contributed by atoms with E-state index in [4.69, 9.17) is 5.73 Å². The zero-order valence-corrected chi connectivity index (χ0v) is 9.37. The highest BCUT2D eigenvalue weighted by Gasteiger charge is 2.29. The number of rotatable bonds is 4. The van der Waals surface area contributed by atoms with E-state index in [0.717, 1.165) is 13.0 Å². The number of piperidine rings is 1. The molecule has 3 atom stereocenters. The van der Waals surface area contributed by atoms with Gasteiger partial charge in [0, 0.05) is 12.0 Å². The molecule has 1 aliphatic rings. The molecule has 4 N–H and O–H groups in total. The normalized spacial score (nSPS) is 27.6. The van der Waals surface area contributed by atoms with Gasteiger partial charge in [-0.05, 0) is 31.8 Å². The van der Waals surface area contributed by atoms with Crippen LogP contribution < -0.4 is 11.1 Å². The maximum Gasteiger partial charge on any atom is 0.0735 e. The molecule has 1 saturated heterocycles. The van der Waals surface area contributed by atoms with Crippen molar-refractivity contribution in [3.63, 3.8) is 0 Å². The van der Waals surface area contributed by atoms with Crippen LogP contribution in [-0.2, 0) is 0 Å². The topological polar surface area (TPSA) is 58.3 Å². The minimum Gasteiger partial charge on any atom is -0.391 e. The predicted octanol–water partition coefficient (Wildman–Crippen LogP) is 0.720. The largest absolute Gasteiger partial charge is 0.391 e. The van der Waals surface area contributed by atoms with E-state index in [-0.39, 0.29) is 18.1 Å². The molecule has 0 saturated carbocycles. The lowest BCUT2D eigenvalue weighted by Gasteiger charge is -2.34. The quantitative estimate of drug-likeness (QED) is 0.627. The zero-order chi connectivity index (χ0) is 10.6. The Bertz CT molecular complexity index is 155. The summed E-state index contributed by atoms with van der Waals surface area (Å²) in [5, 5.41) is 13.5. The number of aliphatic hydroxyl groups is 1. The molecule has 1 rings (SSSR count). The summed E-state index contributed by atoms with van der Waals surface area (Å²) >= 11 is 0. The van der Waals surface area contributed by atoms with Crippen LogP contribution in [0.1, 0.15) is 33.1 Å². The molecule has 14 heavy (non-hydrogen) atoms. The Morgan fingerprint density at radius 3 is 2.57 bits per heavy atom. The summed E-state index contributed by atoms with van der Waals surface area (Å²) in [6, 6.07) is 0.264. The average molecular weight is 200 g/mol. The first kappa shape index (κ1) is 12.0. The van der Waals surface area contributed by atoms with Crippen LogP contribution in [0.15, 0.2) is 0 Å². The molecule has 0 amide bonds. The SMILES string of the molecule is CC(C)C(CN)C(O)C1CCCCN1. The molecule has 0 aliphatic carbocycles. The molecule has 0 radical (unpaired) electrons. The van der Waals surface area contributed by atoms with Crippen molar-refractivity contribution in [2.45, 2.75) is 45.3 Å². The van der Waals surface area contributed by atoms with Gasteiger partial charge >= 0.3 is 0 Å². The van der Waals surface area contributed by atoms with E-state index >= 15 is 0 Å². The maximum absolute atomic E-state index is 10.2. The minimum absolute atomic E-state index is 0.227. The number of nitrogens with two attached hydrogens (primary N) is 1. The van der Waals surface area contributed by atoms with Crippen molar-refractivity contribution in [1.29, 1.82) is 0 Å². The molecule has 0 aromatic heterocycles. The third-order valence-electron chi connectivity index (χ3n) is 3.33. The van der Waals surface area contributed by atoms with E-state index in [0.29, 0.717) is 12.5 Å². The van der Waals surface area contributed by atoms with Gasteiger partial charge in [-0.25, -0.2) is 0 Å². The van der Waals surface area contributed by atoms with Gasteiger partial charge in [0.1, 0.15) is 0 Å². The van der Waals surface area contributed by atoms with Crippen LogP contribution in [-0.4, -0.2) is 30.3 Å². The minimum atomic E-state index is -0.278. The molecule has 1 fully saturated rings. The summed E-state index contributed by atoms with van der Waals surface area (Å²) in [4.78, 5) is 0. The molecule has 0 bridgehead atoms. The fourth-order valence-corrected chi connectivity index (χ4v) is 2.27. The first-order valence-corrected chi connectivity index (χ1v) is 5.78. The van der Waals surface area contributed by atoms with Gasteiger partial charge in [0.05, 0.1) is 6.10 Å². The highest BCUT2D eigenvalue weighted by Crippen LogP contribution is 2.21. The molecule has 1 heterocycles. The fraction of sp³-hybridized carbons (Fsp3) is 1.00. The molecular weight excluding hydrogens is 176 g/mol. The van der Waals surface area contributed by atoms with E-state index in [2.05, 4.69) is 19.2 Å². The molecular formula is C11H24N2O. The van der Waals surface area contributed by atoms with Crippen molar-refractivity contribution < 1.29 is 5.11 Å². The van der Waals surface area contributed by atoms with Gasteiger partial charge < -0.3 is 16.2 Å². The lowest BCUT2D eigenvalue weighted by atomic mass is 9.84. The Morgan fingerprint density at radius 1 is 1.43 bits per heavy atom. The fourth-order valence-electron chi connectivity index (χ4n) is 2.27. The van der Waals surface area contributed by atoms with E-state index in [1.165, 1.54) is 12.8 Å². The van der Waals surface area contributed by atoms with Crippen LogP contribution in [0.2, 0.25) is 0 Å². The number of aliphatic hydroxyl groups excluding tert-OH is 1. The van der Waals surface area contributed by atoms with Crippen molar-refractivity contribution in [1.82, 2.24) is 5.32 Å². The standard InChI is InChI=1S/C11H24N2O/c1-8(2)9(7-12)11(14)10-5-3-4-6-13-10/h8-11,13-14H,3-7,12H2,1-2H3. The summed E-state index contributed by atoms with van der Waals surface area (Å²) in [5.41, 5.74) is 5.69. The third-order valence-corrected chi connectivity index (χ3v) is 3.33. The second-order valence-corrected chi connectivity index (χ2v) is 4.69. The van der Waals surface area contributed by atoms with Gasteiger partial charge in [-0.3, -0.25) is 0 Å². The zero-order valence-electron chi connectivity index (χ0n) is 9.37. The molecule has 84 valence electrons. The van der Waals surface area contributed by atoms with Gasteiger partial charge in [0.15, 0.2) is 0 Å². The lowest BCUT2D eigenvalue weighted by molar-refractivity contribution is 0.0418.